The van der Waals surface area contributed by atoms with Crippen molar-refractivity contribution in [2.75, 3.05) is 13.7 Å². The average Bonchev–Trinajstić information content (AvgIpc) is 2.73. The lowest BCUT2D eigenvalue weighted by Gasteiger charge is -2.29. The van der Waals surface area contributed by atoms with Gasteiger partial charge in [-0.1, -0.05) is 18.2 Å². The molecule has 2 atom stereocenters. The second-order valence-electron chi connectivity index (χ2n) is 8.19. The van der Waals surface area contributed by atoms with Crippen LogP contribution in [-0.4, -0.2) is 36.4 Å². The number of benzene rings is 2. The first-order valence-corrected chi connectivity index (χ1v) is 10.4. The maximum absolute atomic E-state index is 13.4. The summed E-state index contributed by atoms with van der Waals surface area (Å²) >= 11 is 0. The van der Waals surface area contributed by atoms with Gasteiger partial charge in [-0.05, 0) is 68.5 Å². The number of esters is 1. The van der Waals surface area contributed by atoms with E-state index < -0.39 is 17.8 Å². The molecule has 0 N–H and O–H groups in total. The molecule has 1 aliphatic carbocycles. The van der Waals surface area contributed by atoms with Gasteiger partial charge in [-0.3, -0.25) is 14.9 Å². The Kier molecular flexibility index (Phi) is 6.73. The summed E-state index contributed by atoms with van der Waals surface area (Å²) in [5, 5.41) is 11.4. The fourth-order valence-electron chi connectivity index (χ4n) is 4.20. The molecular weight excluding hydrogens is 398 g/mol. The minimum absolute atomic E-state index is 0.0261. The molecule has 7 nitrogen and oxygen atoms in total. The molecule has 31 heavy (non-hydrogen) atoms. The summed E-state index contributed by atoms with van der Waals surface area (Å²) in [6.45, 7) is 5.45. The van der Waals surface area contributed by atoms with Crippen LogP contribution >= 0.6 is 0 Å². The monoisotopic (exact) mass is 425 g/mol. The van der Waals surface area contributed by atoms with Crippen molar-refractivity contribution in [3.63, 3.8) is 0 Å². The molecular formula is C24H27NO6. The number of ketones is 1. The van der Waals surface area contributed by atoms with Gasteiger partial charge in [-0.15, -0.1) is 0 Å². The Morgan fingerprint density at radius 3 is 2.48 bits per heavy atom. The fraction of sp³-hybridized carbons (Fsp3) is 0.417. The first-order valence-electron chi connectivity index (χ1n) is 10.4. The van der Waals surface area contributed by atoms with E-state index in [1.165, 1.54) is 7.11 Å². The molecule has 0 aromatic heterocycles. The summed E-state index contributed by atoms with van der Waals surface area (Å²) in [6, 6.07) is 10.3. The number of Topliss-reactive ketones (excluding diaryl/α,β-unsaturated/α-hetero) is 1. The molecule has 0 spiro atoms. The largest absolute Gasteiger partial charge is 0.491 e. The van der Waals surface area contributed by atoms with Gasteiger partial charge in [0.2, 0.25) is 6.54 Å². The third kappa shape index (κ3) is 4.93. The number of hydrogen-bond acceptors (Lipinski definition) is 6. The van der Waals surface area contributed by atoms with Gasteiger partial charge in [0.25, 0.3) is 0 Å². The molecule has 0 saturated carbocycles. The van der Waals surface area contributed by atoms with Gasteiger partial charge in [0.1, 0.15) is 5.75 Å². The SMILES string of the molecule is COC(=O)c1ccc(C(C[N+](=O)[O-])C2CCc3cc(C)c(OC(C)C)cc3C2=O)cc1. The minimum atomic E-state index is -0.585. The van der Waals surface area contributed by atoms with Crippen molar-refractivity contribution >= 4 is 11.8 Å². The Labute approximate surface area is 181 Å². The Morgan fingerprint density at radius 1 is 1.23 bits per heavy atom. The van der Waals surface area contributed by atoms with Crippen molar-refractivity contribution < 1.29 is 24.0 Å². The van der Waals surface area contributed by atoms with Crippen molar-refractivity contribution in [1.82, 2.24) is 0 Å². The summed E-state index contributed by atoms with van der Waals surface area (Å²) < 4.78 is 10.6. The first-order chi connectivity index (χ1) is 14.7. The van der Waals surface area contributed by atoms with Gasteiger partial charge in [0, 0.05) is 16.4 Å². The van der Waals surface area contributed by atoms with E-state index in [0.29, 0.717) is 35.3 Å². The molecule has 2 aromatic carbocycles. The summed E-state index contributed by atoms with van der Waals surface area (Å²) in [4.78, 5) is 36.2. The number of nitrogens with zero attached hydrogens (tertiary/aromatic N) is 1. The average molecular weight is 425 g/mol. The number of aryl methyl sites for hydroxylation is 2. The van der Waals surface area contributed by atoms with Crippen LogP contribution in [0.25, 0.3) is 0 Å². The smallest absolute Gasteiger partial charge is 0.337 e. The molecule has 7 heteroatoms. The summed E-state index contributed by atoms with van der Waals surface area (Å²) in [6.07, 6.45) is 1.18. The predicted octanol–water partition coefficient (Wildman–Crippen LogP) is 4.37. The zero-order valence-electron chi connectivity index (χ0n) is 18.2. The van der Waals surface area contributed by atoms with Gasteiger partial charge in [-0.2, -0.15) is 0 Å². The molecule has 0 saturated heterocycles. The fourth-order valence-corrected chi connectivity index (χ4v) is 4.20. The Morgan fingerprint density at radius 2 is 1.90 bits per heavy atom. The van der Waals surface area contributed by atoms with Crippen molar-refractivity contribution in [3.05, 3.63) is 74.3 Å². The van der Waals surface area contributed by atoms with Crippen molar-refractivity contribution in [2.45, 2.75) is 45.6 Å². The Hall–Kier alpha value is -3.22. The molecule has 0 radical (unpaired) electrons. The maximum atomic E-state index is 13.4. The normalized spacial score (nSPS) is 16.5. The third-order valence-corrected chi connectivity index (χ3v) is 5.68. The minimum Gasteiger partial charge on any atom is -0.491 e. The zero-order valence-corrected chi connectivity index (χ0v) is 18.2. The lowest BCUT2D eigenvalue weighted by atomic mass is 9.73. The highest BCUT2D eigenvalue weighted by atomic mass is 16.6. The van der Waals surface area contributed by atoms with Crippen LogP contribution < -0.4 is 4.74 Å². The van der Waals surface area contributed by atoms with Gasteiger partial charge < -0.3 is 9.47 Å². The van der Waals surface area contributed by atoms with E-state index in [1.54, 1.807) is 30.3 Å². The van der Waals surface area contributed by atoms with Crippen molar-refractivity contribution in [3.8, 4) is 5.75 Å². The number of nitro groups is 1. The molecule has 164 valence electrons. The third-order valence-electron chi connectivity index (χ3n) is 5.68. The molecule has 0 bridgehead atoms. The van der Waals surface area contributed by atoms with E-state index in [0.717, 1.165) is 11.1 Å². The molecule has 3 rings (SSSR count). The zero-order chi connectivity index (χ0) is 22.7. The number of ether oxygens (including phenoxy) is 2. The summed E-state index contributed by atoms with van der Waals surface area (Å²) in [7, 11) is 1.29. The van der Waals surface area contributed by atoms with Crippen LogP contribution in [0.1, 0.15) is 63.6 Å². The number of carbonyl (C=O) groups is 2. The molecule has 2 aromatic rings. The van der Waals surface area contributed by atoms with Crippen LogP contribution in [0, 0.1) is 23.0 Å². The van der Waals surface area contributed by atoms with Crippen LogP contribution in [0.2, 0.25) is 0 Å². The standard InChI is InChI=1S/C24H27NO6/c1-14(2)31-22-12-20-18(11-15(22)3)9-10-19(23(20)26)21(13-25(28)29)16-5-7-17(8-6-16)24(27)30-4/h5-8,11-12,14,19,21H,9-10,13H2,1-4H3. The number of hydrogen-bond donors (Lipinski definition) is 0. The molecule has 0 fully saturated rings. The first kappa shape index (κ1) is 22.5. The highest BCUT2D eigenvalue weighted by Gasteiger charge is 2.37. The van der Waals surface area contributed by atoms with Crippen LogP contribution in [-0.2, 0) is 11.2 Å². The number of rotatable bonds is 7. The molecule has 0 heterocycles. The number of carbonyl (C=O) groups excluding carboxylic acids is 2. The topological polar surface area (TPSA) is 95.7 Å². The summed E-state index contributed by atoms with van der Waals surface area (Å²) in [5.41, 5.74) is 3.53. The number of methoxy groups -OCH3 is 1. The Bertz CT molecular complexity index is 996. The lowest BCUT2D eigenvalue weighted by Crippen LogP contribution is -2.32. The summed E-state index contributed by atoms with van der Waals surface area (Å²) in [5.74, 6) is -1.02. The van der Waals surface area contributed by atoms with Crippen LogP contribution in [0.4, 0.5) is 0 Å². The second-order valence-corrected chi connectivity index (χ2v) is 8.19. The molecule has 2 unspecified atom stereocenters. The van der Waals surface area contributed by atoms with Crippen molar-refractivity contribution in [1.29, 1.82) is 0 Å². The molecule has 1 aliphatic rings. The second kappa shape index (κ2) is 9.29. The quantitative estimate of drug-likeness (QED) is 0.371. The Balaban J connectivity index is 1.96. The van der Waals surface area contributed by atoms with E-state index >= 15 is 0 Å². The molecule has 0 aliphatic heterocycles. The van der Waals surface area contributed by atoms with E-state index in [2.05, 4.69) is 0 Å². The van der Waals surface area contributed by atoms with E-state index in [-0.39, 0.29) is 23.4 Å². The van der Waals surface area contributed by atoms with Crippen LogP contribution in [0.3, 0.4) is 0 Å². The van der Waals surface area contributed by atoms with E-state index in [1.807, 2.05) is 26.8 Å². The van der Waals surface area contributed by atoms with Gasteiger partial charge in [-0.25, -0.2) is 4.79 Å². The maximum Gasteiger partial charge on any atom is 0.337 e. The lowest BCUT2D eigenvalue weighted by molar-refractivity contribution is -0.484. The van der Waals surface area contributed by atoms with Gasteiger partial charge >= 0.3 is 5.97 Å². The van der Waals surface area contributed by atoms with Gasteiger partial charge in [0.05, 0.1) is 24.7 Å². The van der Waals surface area contributed by atoms with E-state index in [4.69, 9.17) is 9.47 Å². The van der Waals surface area contributed by atoms with Gasteiger partial charge in [0.15, 0.2) is 5.78 Å². The molecule has 0 amide bonds. The van der Waals surface area contributed by atoms with E-state index in [9.17, 15) is 19.7 Å². The van der Waals surface area contributed by atoms with Crippen LogP contribution in [0.15, 0.2) is 36.4 Å². The highest BCUT2D eigenvalue weighted by Crippen LogP contribution is 2.38. The van der Waals surface area contributed by atoms with Crippen molar-refractivity contribution in [2.24, 2.45) is 5.92 Å². The van der Waals surface area contributed by atoms with Crippen LogP contribution in [0.5, 0.6) is 5.75 Å². The highest BCUT2D eigenvalue weighted by molar-refractivity contribution is 6.01. The number of fused-ring (bicyclic) bond motifs is 1. The predicted molar refractivity (Wildman–Crippen MR) is 115 cm³/mol.